The fourth-order valence-corrected chi connectivity index (χ4v) is 1.32. The Morgan fingerprint density at radius 3 is 2.83 bits per heavy atom. The molecule has 0 spiro atoms. The maximum Gasteiger partial charge on any atom is 0.127 e. The van der Waals surface area contributed by atoms with E-state index in [0.29, 0.717) is 5.56 Å². The molecular formula is C9H8BrFO. The van der Waals surface area contributed by atoms with Gasteiger partial charge >= 0.3 is 0 Å². The zero-order valence-electron chi connectivity index (χ0n) is 6.55. The molecule has 1 aromatic rings. The van der Waals surface area contributed by atoms with Gasteiger partial charge in [0.15, 0.2) is 0 Å². The standard InChI is InChI=1S/C9H8BrFO/c1-6(5-12)8-4-7(10)2-3-9(8)11/h2-6H,1H3. The number of carbonyl (C=O) groups is 1. The molecule has 0 saturated carbocycles. The number of hydrogen-bond acceptors (Lipinski definition) is 1. The quantitative estimate of drug-likeness (QED) is 0.715. The summed E-state index contributed by atoms with van der Waals surface area (Å²) in [6.45, 7) is 1.66. The van der Waals surface area contributed by atoms with Gasteiger partial charge in [-0.25, -0.2) is 4.39 Å². The molecule has 64 valence electrons. The molecule has 0 aliphatic carbocycles. The number of carbonyl (C=O) groups excluding carboxylic acids is 1. The first-order valence-electron chi connectivity index (χ1n) is 3.55. The van der Waals surface area contributed by atoms with Crippen molar-refractivity contribution in [2.24, 2.45) is 0 Å². The van der Waals surface area contributed by atoms with E-state index in [1.54, 1.807) is 19.1 Å². The average molecular weight is 231 g/mol. The molecule has 0 radical (unpaired) electrons. The van der Waals surface area contributed by atoms with E-state index in [1.807, 2.05) is 0 Å². The number of halogens is 2. The van der Waals surface area contributed by atoms with Gasteiger partial charge in [-0.3, -0.25) is 0 Å². The number of benzene rings is 1. The van der Waals surface area contributed by atoms with Crippen LogP contribution in [-0.2, 0) is 4.79 Å². The molecule has 1 atom stereocenters. The van der Waals surface area contributed by atoms with E-state index >= 15 is 0 Å². The summed E-state index contributed by atoms with van der Waals surface area (Å²) < 4.78 is 13.8. The van der Waals surface area contributed by atoms with Gasteiger partial charge < -0.3 is 4.79 Å². The van der Waals surface area contributed by atoms with Gasteiger partial charge in [0, 0.05) is 10.4 Å². The molecule has 0 bridgehead atoms. The third-order valence-electron chi connectivity index (χ3n) is 1.65. The van der Waals surface area contributed by atoms with Crippen LogP contribution in [0.15, 0.2) is 22.7 Å². The lowest BCUT2D eigenvalue weighted by Crippen LogP contribution is -1.97. The van der Waals surface area contributed by atoms with Crippen LogP contribution >= 0.6 is 15.9 Å². The van der Waals surface area contributed by atoms with Crippen LogP contribution in [0.4, 0.5) is 4.39 Å². The molecule has 1 aromatic carbocycles. The SMILES string of the molecule is CC(C=O)c1cc(Br)ccc1F. The minimum Gasteiger partial charge on any atom is -0.303 e. The first-order chi connectivity index (χ1) is 5.65. The van der Waals surface area contributed by atoms with Crippen LogP contribution in [-0.4, -0.2) is 6.29 Å². The molecule has 0 fully saturated rings. The van der Waals surface area contributed by atoms with Crippen LogP contribution in [0.25, 0.3) is 0 Å². The number of aldehydes is 1. The molecule has 3 heteroatoms. The van der Waals surface area contributed by atoms with Gasteiger partial charge in [-0.1, -0.05) is 22.9 Å². The van der Waals surface area contributed by atoms with E-state index in [-0.39, 0.29) is 11.7 Å². The lowest BCUT2D eigenvalue weighted by Gasteiger charge is -2.05. The van der Waals surface area contributed by atoms with Gasteiger partial charge in [0.05, 0.1) is 0 Å². The molecule has 0 aromatic heterocycles. The van der Waals surface area contributed by atoms with E-state index in [1.165, 1.54) is 6.07 Å². The van der Waals surface area contributed by atoms with E-state index in [9.17, 15) is 9.18 Å². The second kappa shape index (κ2) is 3.81. The highest BCUT2D eigenvalue weighted by atomic mass is 79.9. The zero-order valence-corrected chi connectivity index (χ0v) is 8.14. The summed E-state index contributed by atoms with van der Waals surface area (Å²) in [6, 6.07) is 4.57. The van der Waals surface area contributed by atoms with E-state index < -0.39 is 0 Å². The number of hydrogen-bond donors (Lipinski definition) is 0. The topological polar surface area (TPSA) is 17.1 Å². The summed E-state index contributed by atoms with van der Waals surface area (Å²) in [7, 11) is 0. The Morgan fingerprint density at radius 1 is 1.58 bits per heavy atom. The Hall–Kier alpha value is -0.700. The second-order valence-corrected chi connectivity index (χ2v) is 3.51. The molecule has 0 aliphatic rings. The molecule has 12 heavy (non-hydrogen) atoms. The molecule has 0 amide bonds. The summed E-state index contributed by atoms with van der Waals surface area (Å²) >= 11 is 3.21. The highest BCUT2D eigenvalue weighted by Crippen LogP contribution is 2.21. The lowest BCUT2D eigenvalue weighted by atomic mass is 10.0. The monoisotopic (exact) mass is 230 g/mol. The smallest absolute Gasteiger partial charge is 0.127 e. The molecule has 1 unspecified atom stereocenters. The second-order valence-electron chi connectivity index (χ2n) is 2.59. The van der Waals surface area contributed by atoms with Crippen molar-refractivity contribution in [1.82, 2.24) is 0 Å². The molecule has 0 aliphatic heterocycles. The van der Waals surface area contributed by atoms with E-state index in [4.69, 9.17) is 0 Å². The third kappa shape index (κ3) is 1.91. The summed E-state index contributed by atoms with van der Waals surface area (Å²) in [5.74, 6) is -0.722. The molecular weight excluding hydrogens is 223 g/mol. The number of rotatable bonds is 2. The Balaban J connectivity index is 3.12. The molecule has 0 heterocycles. The van der Waals surface area contributed by atoms with Crippen LogP contribution in [0.1, 0.15) is 18.4 Å². The zero-order chi connectivity index (χ0) is 9.14. The molecule has 0 N–H and O–H groups in total. The highest BCUT2D eigenvalue weighted by Gasteiger charge is 2.09. The molecule has 1 nitrogen and oxygen atoms in total. The van der Waals surface area contributed by atoms with Crippen molar-refractivity contribution in [3.63, 3.8) is 0 Å². The van der Waals surface area contributed by atoms with Gasteiger partial charge in [0.1, 0.15) is 12.1 Å². The van der Waals surface area contributed by atoms with Crippen molar-refractivity contribution < 1.29 is 9.18 Å². The summed E-state index contributed by atoms with van der Waals surface area (Å²) in [5.41, 5.74) is 0.430. The first kappa shape index (κ1) is 9.39. The fraction of sp³-hybridized carbons (Fsp3) is 0.222. The van der Waals surface area contributed by atoms with Crippen molar-refractivity contribution in [3.05, 3.63) is 34.1 Å². The maximum absolute atomic E-state index is 13.0. The van der Waals surface area contributed by atoms with Crippen LogP contribution < -0.4 is 0 Å². The van der Waals surface area contributed by atoms with E-state index in [0.717, 1.165) is 10.8 Å². The summed E-state index contributed by atoms with van der Waals surface area (Å²) in [4.78, 5) is 10.4. The average Bonchev–Trinajstić information content (AvgIpc) is 2.08. The minimum atomic E-state index is -0.387. The van der Waals surface area contributed by atoms with Crippen LogP contribution in [0.2, 0.25) is 0 Å². The van der Waals surface area contributed by atoms with E-state index in [2.05, 4.69) is 15.9 Å². The third-order valence-corrected chi connectivity index (χ3v) is 2.15. The van der Waals surface area contributed by atoms with Crippen LogP contribution in [0.5, 0.6) is 0 Å². The van der Waals surface area contributed by atoms with Crippen molar-refractivity contribution in [2.75, 3.05) is 0 Å². The van der Waals surface area contributed by atoms with Gasteiger partial charge in [-0.15, -0.1) is 0 Å². The van der Waals surface area contributed by atoms with Crippen molar-refractivity contribution >= 4 is 22.2 Å². The first-order valence-corrected chi connectivity index (χ1v) is 4.34. The minimum absolute atomic E-state index is 0.335. The summed E-state index contributed by atoms with van der Waals surface area (Å²) in [5, 5.41) is 0. The molecule has 0 saturated heterocycles. The van der Waals surface area contributed by atoms with Crippen molar-refractivity contribution in [3.8, 4) is 0 Å². The fourth-order valence-electron chi connectivity index (χ4n) is 0.937. The van der Waals surface area contributed by atoms with Gasteiger partial charge in [-0.2, -0.15) is 0 Å². The highest BCUT2D eigenvalue weighted by molar-refractivity contribution is 9.10. The van der Waals surface area contributed by atoms with Crippen molar-refractivity contribution in [2.45, 2.75) is 12.8 Å². The predicted molar refractivity (Wildman–Crippen MR) is 48.6 cm³/mol. The van der Waals surface area contributed by atoms with Gasteiger partial charge in [0.2, 0.25) is 0 Å². The van der Waals surface area contributed by atoms with Gasteiger partial charge in [0.25, 0.3) is 0 Å². The maximum atomic E-state index is 13.0. The Labute approximate surface area is 78.7 Å². The van der Waals surface area contributed by atoms with Crippen LogP contribution in [0.3, 0.4) is 0 Å². The summed E-state index contributed by atoms with van der Waals surface area (Å²) in [6.07, 6.45) is 0.727. The van der Waals surface area contributed by atoms with Crippen molar-refractivity contribution in [1.29, 1.82) is 0 Å². The Morgan fingerprint density at radius 2 is 2.25 bits per heavy atom. The van der Waals surface area contributed by atoms with Gasteiger partial charge in [-0.05, 0) is 23.8 Å². The lowest BCUT2D eigenvalue weighted by molar-refractivity contribution is -0.108. The Kier molecular flexibility index (Phi) is 2.98. The van der Waals surface area contributed by atoms with Crippen LogP contribution in [0, 0.1) is 5.82 Å². The largest absolute Gasteiger partial charge is 0.303 e. The normalized spacial score (nSPS) is 12.6. The predicted octanol–water partition coefficient (Wildman–Crippen LogP) is 2.89. The molecule has 1 rings (SSSR count). The Bertz CT molecular complexity index is 299.